The van der Waals surface area contributed by atoms with Gasteiger partial charge in [-0.15, -0.1) is 0 Å². The maximum atomic E-state index is 11.1. The van der Waals surface area contributed by atoms with Gasteiger partial charge < -0.3 is 14.8 Å². The van der Waals surface area contributed by atoms with Crippen LogP contribution in [0.5, 0.6) is 0 Å². The van der Waals surface area contributed by atoms with Crippen molar-refractivity contribution in [3.8, 4) is 0 Å². The van der Waals surface area contributed by atoms with Gasteiger partial charge in [-0.2, -0.15) is 0 Å². The number of rotatable bonds is 2. The van der Waals surface area contributed by atoms with Crippen LogP contribution in [0.4, 0.5) is 0 Å². The highest BCUT2D eigenvalue weighted by molar-refractivity contribution is 5.94. The molecule has 0 amide bonds. The highest BCUT2D eigenvalue weighted by atomic mass is 16.4. The average molecular weight is 245 g/mol. The Labute approximate surface area is 104 Å². The van der Waals surface area contributed by atoms with E-state index in [0.717, 1.165) is 31.6 Å². The summed E-state index contributed by atoms with van der Waals surface area (Å²) in [6.45, 7) is 2.01. The van der Waals surface area contributed by atoms with Crippen molar-refractivity contribution in [2.75, 3.05) is 13.1 Å². The largest absolute Gasteiger partial charge is 0.478 e. The molecular weight excluding hydrogens is 230 g/mol. The van der Waals surface area contributed by atoms with Gasteiger partial charge in [0.1, 0.15) is 5.56 Å². The van der Waals surface area contributed by atoms with Crippen molar-refractivity contribution < 1.29 is 9.90 Å². The molecule has 5 nitrogen and oxygen atoms in total. The SMILES string of the molecule is O=C(O)c1cccn2cc(C3CCNCC3)nc12. The molecule has 0 atom stereocenters. The molecule has 94 valence electrons. The fourth-order valence-electron chi connectivity index (χ4n) is 2.51. The number of nitrogens with zero attached hydrogens (tertiary/aromatic N) is 2. The first-order valence-corrected chi connectivity index (χ1v) is 6.17. The molecule has 1 aliphatic rings. The fourth-order valence-corrected chi connectivity index (χ4v) is 2.51. The number of nitrogens with one attached hydrogen (secondary N) is 1. The third kappa shape index (κ3) is 1.86. The summed E-state index contributed by atoms with van der Waals surface area (Å²) >= 11 is 0. The minimum Gasteiger partial charge on any atom is -0.478 e. The highest BCUT2D eigenvalue weighted by Gasteiger charge is 2.19. The van der Waals surface area contributed by atoms with Crippen molar-refractivity contribution >= 4 is 11.6 Å². The van der Waals surface area contributed by atoms with Gasteiger partial charge in [-0.05, 0) is 38.1 Å². The Morgan fingerprint density at radius 1 is 1.44 bits per heavy atom. The summed E-state index contributed by atoms with van der Waals surface area (Å²) in [7, 11) is 0. The van der Waals surface area contributed by atoms with Gasteiger partial charge in [0.2, 0.25) is 0 Å². The third-order valence-electron chi connectivity index (χ3n) is 3.49. The van der Waals surface area contributed by atoms with Crippen molar-refractivity contribution in [2.24, 2.45) is 0 Å². The third-order valence-corrected chi connectivity index (χ3v) is 3.49. The molecule has 0 bridgehead atoms. The van der Waals surface area contributed by atoms with E-state index in [0.29, 0.717) is 11.6 Å². The standard InChI is InChI=1S/C13H15N3O2/c17-13(18)10-2-1-7-16-8-11(15-12(10)16)9-3-5-14-6-4-9/h1-2,7-9,14H,3-6H2,(H,17,18). The summed E-state index contributed by atoms with van der Waals surface area (Å²) in [5.41, 5.74) is 1.81. The van der Waals surface area contributed by atoms with Crippen molar-refractivity contribution in [3.05, 3.63) is 35.8 Å². The lowest BCUT2D eigenvalue weighted by molar-refractivity contribution is 0.0698. The first kappa shape index (κ1) is 11.2. The molecule has 0 unspecified atom stereocenters. The molecule has 3 heterocycles. The van der Waals surface area contributed by atoms with Crippen LogP contribution < -0.4 is 5.32 Å². The topological polar surface area (TPSA) is 66.6 Å². The Morgan fingerprint density at radius 2 is 2.22 bits per heavy atom. The second-order valence-electron chi connectivity index (χ2n) is 4.65. The zero-order chi connectivity index (χ0) is 12.5. The molecule has 0 radical (unpaired) electrons. The van der Waals surface area contributed by atoms with E-state index in [9.17, 15) is 4.79 Å². The molecule has 2 aromatic rings. The molecule has 2 aromatic heterocycles. The number of aromatic carboxylic acids is 1. The van der Waals surface area contributed by atoms with Gasteiger partial charge in [0, 0.05) is 18.3 Å². The number of pyridine rings is 1. The van der Waals surface area contributed by atoms with Crippen molar-refractivity contribution in [2.45, 2.75) is 18.8 Å². The zero-order valence-electron chi connectivity index (χ0n) is 9.97. The maximum absolute atomic E-state index is 11.1. The highest BCUT2D eigenvalue weighted by Crippen LogP contribution is 2.25. The summed E-state index contributed by atoms with van der Waals surface area (Å²) in [4.78, 5) is 15.6. The number of hydrogen-bond acceptors (Lipinski definition) is 3. The molecule has 0 aromatic carbocycles. The number of hydrogen-bond donors (Lipinski definition) is 2. The van der Waals surface area contributed by atoms with Gasteiger partial charge in [-0.25, -0.2) is 9.78 Å². The summed E-state index contributed by atoms with van der Waals surface area (Å²) in [6, 6.07) is 3.33. The van der Waals surface area contributed by atoms with Crippen LogP contribution in [0.15, 0.2) is 24.5 Å². The molecule has 0 spiro atoms. The van der Waals surface area contributed by atoms with E-state index in [1.807, 2.05) is 12.4 Å². The number of piperidine rings is 1. The van der Waals surface area contributed by atoms with Crippen LogP contribution >= 0.6 is 0 Å². The van der Waals surface area contributed by atoms with Gasteiger partial charge in [-0.1, -0.05) is 0 Å². The monoisotopic (exact) mass is 245 g/mol. The quantitative estimate of drug-likeness (QED) is 0.841. The number of carboxylic acids is 1. The number of fused-ring (bicyclic) bond motifs is 1. The maximum Gasteiger partial charge on any atom is 0.339 e. The molecule has 1 aliphatic heterocycles. The average Bonchev–Trinajstić information content (AvgIpc) is 2.83. The Balaban J connectivity index is 2.04. The summed E-state index contributed by atoms with van der Waals surface area (Å²) in [5.74, 6) is -0.490. The number of aromatic nitrogens is 2. The molecule has 1 fully saturated rings. The van der Waals surface area contributed by atoms with Crippen LogP contribution in [0.1, 0.15) is 34.8 Å². The van der Waals surface area contributed by atoms with Gasteiger partial charge in [0.15, 0.2) is 5.65 Å². The molecule has 0 aliphatic carbocycles. The lowest BCUT2D eigenvalue weighted by Crippen LogP contribution is -2.26. The minimum absolute atomic E-state index is 0.262. The summed E-state index contributed by atoms with van der Waals surface area (Å²) in [5, 5.41) is 12.5. The van der Waals surface area contributed by atoms with Gasteiger partial charge >= 0.3 is 5.97 Å². The van der Waals surface area contributed by atoms with E-state index in [1.165, 1.54) is 0 Å². The van der Waals surface area contributed by atoms with E-state index < -0.39 is 5.97 Å². The van der Waals surface area contributed by atoms with Crippen molar-refractivity contribution in [3.63, 3.8) is 0 Å². The molecule has 5 heteroatoms. The predicted molar refractivity (Wildman–Crippen MR) is 67.0 cm³/mol. The smallest absolute Gasteiger partial charge is 0.339 e. The second kappa shape index (κ2) is 4.42. The lowest BCUT2D eigenvalue weighted by Gasteiger charge is -2.20. The van der Waals surface area contributed by atoms with Crippen LogP contribution in [-0.4, -0.2) is 33.6 Å². The van der Waals surface area contributed by atoms with Gasteiger partial charge in [-0.3, -0.25) is 0 Å². The molecule has 0 saturated carbocycles. The molecule has 1 saturated heterocycles. The van der Waals surface area contributed by atoms with E-state index in [2.05, 4.69) is 10.3 Å². The Hall–Kier alpha value is -1.88. The summed E-state index contributed by atoms with van der Waals surface area (Å²) < 4.78 is 1.81. The molecule has 3 rings (SSSR count). The molecular formula is C13H15N3O2. The van der Waals surface area contributed by atoms with Crippen molar-refractivity contribution in [1.82, 2.24) is 14.7 Å². The fraction of sp³-hybridized carbons (Fsp3) is 0.385. The van der Waals surface area contributed by atoms with Crippen LogP contribution in [0.3, 0.4) is 0 Å². The van der Waals surface area contributed by atoms with Crippen molar-refractivity contribution in [1.29, 1.82) is 0 Å². The normalized spacial score (nSPS) is 17.1. The molecule has 2 N–H and O–H groups in total. The number of carbonyl (C=O) groups is 1. The Kier molecular flexibility index (Phi) is 2.76. The van der Waals surface area contributed by atoms with E-state index in [4.69, 9.17) is 5.11 Å². The van der Waals surface area contributed by atoms with Gasteiger partial charge in [0.25, 0.3) is 0 Å². The second-order valence-corrected chi connectivity index (χ2v) is 4.65. The van der Waals surface area contributed by atoms with Crippen LogP contribution in [0, 0.1) is 0 Å². The lowest BCUT2D eigenvalue weighted by atomic mass is 9.95. The Morgan fingerprint density at radius 3 is 2.94 bits per heavy atom. The Bertz CT molecular complexity index is 585. The zero-order valence-corrected chi connectivity index (χ0v) is 9.97. The van der Waals surface area contributed by atoms with E-state index >= 15 is 0 Å². The first-order valence-electron chi connectivity index (χ1n) is 6.17. The van der Waals surface area contributed by atoms with E-state index in [1.54, 1.807) is 16.5 Å². The van der Waals surface area contributed by atoms with Crippen LogP contribution in [0.2, 0.25) is 0 Å². The van der Waals surface area contributed by atoms with E-state index in [-0.39, 0.29) is 5.56 Å². The van der Waals surface area contributed by atoms with Crippen LogP contribution in [-0.2, 0) is 0 Å². The van der Waals surface area contributed by atoms with Gasteiger partial charge in [0.05, 0.1) is 5.69 Å². The number of carboxylic acid groups (broad SMARTS) is 1. The molecule has 18 heavy (non-hydrogen) atoms. The summed E-state index contributed by atoms with van der Waals surface area (Å²) in [6.07, 6.45) is 5.93. The first-order chi connectivity index (χ1) is 8.75. The number of imidazole rings is 1. The predicted octanol–water partition coefficient (Wildman–Crippen LogP) is 1.50. The van der Waals surface area contributed by atoms with Crippen LogP contribution in [0.25, 0.3) is 5.65 Å². The minimum atomic E-state index is -0.928.